The van der Waals surface area contributed by atoms with E-state index in [1.807, 2.05) is 48.9 Å². The van der Waals surface area contributed by atoms with Crippen molar-refractivity contribution in [1.29, 1.82) is 0 Å². The number of ether oxygens (including phenoxy) is 1. The first kappa shape index (κ1) is 24.0. The number of halogens is 3. The minimum atomic E-state index is -4.47. The Morgan fingerprint density at radius 1 is 1.06 bits per heavy atom. The van der Waals surface area contributed by atoms with Crippen LogP contribution in [-0.4, -0.2) is 28.9 Å². The molecule has 0 atom stereocenters. The number of amides is 1. The van der Waals surface area contributed by atoms with Crippen LogP contribution in [0.2, 0.25) is 0 Å². The summed E-state index contributed by atoms with van der Waals surface area (Å²) in [6, 6.07) is 15.0. The molecule has 1 N–H and O–H groups in total. The zero-order valence-corrected chi connectivity index (χ0v) is 19.3. The first-order valence-corrected chi connectivity index (χ1v) is 11.3. The van der Waals surface area contributed by atoms with E-state index < -0.39 is 17.2 Å². The van der Waals surface area contributed by atoms with Crippen LogP contribution in [0.5, 0.6) is 0 Å². The number of carbonyl (C=O) groups is 1. The number of nitrogens with one attached hydrogen (secondary N) is 1. The van der Waals surface area contributed by atoms with Crippen molar-refractivity contribution in [2.75, 3.05) is 13.2 Å². The van der Waals surface area contributed by atoms with Gasteiger partial charge in [-0.3, -0.25) is 9.48 Å². The molecular formula is C26H28F3N3O2. The normalized spacial score (nSPS) is 15.8. The summed E-state index contributed by atoms with van der Waals surface area (Å²) < 4.78 is 47.3. The van der Waals surface area contributed by atoms with E-state index >= 15 is 0 Å². The molecule has 1 fully saturated rings. The second kappa shape index (κ2) is 9.62. The number of carbonyl (C=O) groups excluding carboxylic acids is 1. The van der Waals surface area contributed by atoms with E-state index in [2.05, 4.69) is 10.4 Å². The quantitative estimate of drug-likeness (QED) is 0.555. The van der Waals surface area contributed by atoms with E-state index in [0.29, 0.717) is 38.2 Å². The molecule has 1 saturated heterocycles. The molecule has 180 valence electrons. The number of hydrogen-bond donors (Lipinski definition) is 1. The van der Waals surface area contributed by atoms with Crippen LogP contribution < -0.4 is 5.32 Å². The van der Waals surface area contributed by atoms with Crippen LogP contribution >= 0.6 is 0 Å². The summed E-state index contributed by atoms with van der Waals surface area (Å²) in [5.74, 6) is -0.279. The zero-order chi connectivity index (χ0) is 24.3. The third kappa shape index (κ3) is 5.17. The topological polar surface area (TPSA) is 56.2 Å². The molecule has 2 heterocycles. The summed E-state index contributed by atoms with van der Waals surface area (Å²) >= 11 is 0. The van der Waals surface area contributed by atoms with E-state index in [1.165, 1.54) is 6.07 Å². The van der Waals surface area contributed by atoms with Gasteiger partial charge in [0, 0.05) is 25.5 Å². The second-order valence-electron chi connectivity index (χ2n) is 8.86. The fourth-order valence-corrected chi connectivity index (χ4v) is 4.56. The molecule has 8 heteroatoms. The lowest BCUT2D eigenvalue weighted by molar-refractivity contribution is -0.138. The van der Waals surface area contributed by atoms with E-state index in [9.17, 15) is 18.0 Å². The second-order valence-corrected chi connectivity index (χ2v) is 8.86. The highest BCUT2D eigenvalue weighted by Crippen LogP contribution is 2.38. The third-order valence-electron chi connectivity index (χ3n) is 6.40. The van der Waals surface area contributed by atoms with Gasteiger partial charge in [0.15, 0.2) is 0 Å². The molecule has 0 radical (unpaired) electrons. The molecule has 0 unspecified atom stereocenters. The Hall–Kier alpha value is -3.13. The van der Waals surface area contributed by atoms with E-state index in [4.69, 9.17) is 4.74 Å². The van der Waals surface area contributed by atoms with Crippen molar-refractivity contribution in [2.24, 2.45) is 0 Å². The molecule has 0 aliphatic carbocycles. The van der Waals surface area contributed by atoms with E-state index in [-0.39, 0.29) is 12.5 Å². The van der Waals surface area contributed by atoms with Crippen molar-refractivity contribution >= 4 is 5.91 Å². The van der Waals surface area contributed by atoms with Gasteiger partial charge in [0.25, 0.3) is 0 Å². The summed E-state index contributed by atoms with van der Waals surface area (Å²) in [6.45, 7) is 5.50. The summed E-state index contributed by atoms with van der Waals surface area (Å²) in [4.78, 5) is 13.4. The molecule has 1 amide bonds. The fraction of sp³-hybridized carbons (Fsp3) is 0.385. The van der Waals surface area contributed by atoms with Gasteiger partial charge in [-0.25, -0.2) is 0 Å². The summed E-state index contributed by atoms with van der Waals surface area (Å²) in [7, 11) is 0. The minimum Gasteiger partial charge on any atom is -0.381 e. The monoisotopic (exact) mass is 471 g/mol. The molecule has 1 aromatic heterocycles. The van der Waals surface area contributed by atoms with Gasteiger partial charge in [0.1, 0.15) is 0 Å². The van der Waals surface area contributed by atoms with Gasteiger partial charge in [-0.1, -0.05) is 42.5 Å². The Labute approximate surface area is 196 Å². The van der Waals surface area contributed by atoms with Crippen LogP contribution in [0.3, 0.4) is 0 Å². The number of rotatable bonds is 6. The average molecular weight is 472 g/mol. The lowest BCUT2D eigenvalue weighted by Gasteiger charge is -2.36. The van der Waals surface area contributed by atoms with Crippen molar-refractivity contribution in [2.45, 2.75) is 51.4 Å². The molecule has 34 heavy (non-hydrogen) atoms. The number of aromatic nitrogens is 2. The molecule has 1 aliphatic rings. The standard InChI is InChI=1S/C26H28F3N3O2/c1-18-13-19(2)32(31-18)17-21-6-3-5-20(14-21)16-30-24(33)25(9-11-34-12-10-25)22-7-4-8-23(15-22)26(27,28)29/h3-8,13-15H,9-12,16-17H2,1-2H3,(H,30,33). The van der Waals surface area contributed by atoms with Gasteiger partial charge in [-0.2, -0.15) is 18.3 Å². The van der Waals surface area contributed by atoms with Gasteiger partial charge in [-0.15, -0.1) is 0 Å². The molecule has 0 bridgehead atoms. The van der Waals surface area contributed by atoms with Gasteiger partial charge in [0.05, 0.1) is 23.2 Å². The number of aryl methyl sites for hydroxylation is 2. The Morgan fingerprint density at radius 2 is 1.76 bits per heavy atom. The molecule has 4 rings (SSSR count). The Kier molecular flexibility index (Phi) is 6.79. The van der Waals surface area contributed by atoms with Crippen molar-refractivity contribution in [3.63, 3.8) is 0 Å². The maximum atomic E-state index is 13.4. The Bertz CT molecular complexity index is 1160. The van der Waals surface area contributed by atoms with Crippen LogP contribution in [0.1, 0.15) is 46.5 Å². The number of alkyl halides is 3. The largest absolute Gasteiger partial charge is 0.416 e. The molecule has 5 nitrogen and oxygen atoms in total. The molecule has 0 saturated carbocycles. The highest BCUT2D eigenvalue weighted by atomic mass is 19.4. The smallest absolute Gasteiger partial charge is 0.381 e. The van der Waals surface area contributed by atoms with Gasteiger partial charge < -0.3 is 10.1 Å². The first-order valence-electron chi connectivity index (χ1n) is 11.3. The van der Waals surface area contributed by atoms with E-state index in [0.717, 1.165) is 34.6 Å². The van der Waals surface area contributed by atoms with Crippen LogP contribution in [-0.2, 0) is 34.2 Å². The summed E-state index contributed by atoms with van der Waals surface area (Å²) in [5.41, 5.74) is 2.56. The van der Waals surface area contributed by atoms with Crippen molar-refractivity contribution < 1.29 is 22.7 Å². The van der Waals surface area contributed by atoms with Crippen molar-refractivity contribution in [3.8, 4) is 0 Å². The maximum Gasteiger partial charge on any atom is 0.416 e. The third-order valence-corrected chi connectivity index (χ3v) is 6.40. The molecule has 2 aromatic carbocycles. The highest BCUT2D eigenvalue weighted by molar-refractivity contribution is 5.88. The summed E-state index contributed by atoms with van der Waals surface area (Å²) in [5, 5.41) is 7.47. The number of benzene rings is 2. The average Bonchev–Trinajstić information content (AvgIpc) is 3.14. The highest BCUT2D eigenvalue weighted by Gasteiger charge is 2.43. The predicted molar refractivity (Wildman–Crippen MR) is 122 cm³/mol. The Morgan fingerprint density at radius 3 is 2.44 bits per heavy atom. The van der Waals surface area contributed by atoms with Crippen LogP contribution in [0.15, 0.2) is 54.6 Å². The molecule has 1 aliphatic heterocycles. The molecular weight excluding hydrogens is 443 g/mol. The predicted octanol–water partition coefficient (Wildman–Crippen LogP) is 4.93. The van der Waals surface area contributed by atoms with Crippen molar-refractivity contribution in [3.05, 3.63) is 88.2 Å². The first-order chi connectivity index (χ1) is 16.2. The maximum absolute atomic E-state index is 13.4. The fourth-order valence-electron chi connectivity index (χ4n) is 4.56. The lowest BCUT2D eigenvalue weighted by atomic mass is 9.73. The van der Waals surface area contributed by atoms with Crippen molar-refractivity contribution in [1.82, 2.24) is 15.1 Å². The SMILES string of the molecule is Cc1cc(C)n(Cc2cccc(CNC(=O)C3(c4cccc(C(F)(F)F)c4)CCOCC3)c2)n1. The summed E-state index contributed by atoms with van der Waals surface area (Å²) in [6.07, 6.45) is -3.80. The van der Waals surface area contributed by atoms with E-state index in [1.54, 1.807) is 6.07 Å². The molecule has 3 aromatic rings. The number of hydrogen-bond acceptors (Lipinski definition) is 3. The van der Waals surface area contributed by atoms with Gasteiger partial charge in [-0.05, 0) is 55.5 Å². The van der Waals surface area contributed by atoms with Gasteiger partial charge in [0.2, 0.25) is 5.91 Å². The van der Waals surface area contributed by atoms with Crippen LogP contribution in [0, 0.1) is 13.8 Å². The lowest BCUT2D eigenvalue weighted by Crippen LogP contribution is -2.48. The van der Waals surface area contributed by atoms with Crippen LogP contribution in [0.4, 0.5) is 13.2 Å². The zero-order valence-electron chi connectivity index (χ0n) is 19.3. The minimum absolute atomic E-state index is 0.279. The Balaban J connectivity index is 1.52. The molecule has 0 spiro atoms. The number of nitrogens with zero attached hydrogens (tertiary/aromatic N) is 2. The van der Waals surface area contributed by atoms with Gasteiger partial charge >= 0.3 is 6.18 Å². The van der Waals surface area contributed by atoms with Crippen LogP contribution in [0.25, 0.3) is 0 Å².